The molecule has 1 aliphatic rings. The zero-order valence-corrected chi connectivity index (χ0v) is 18.9. The van der Waals surface area contributed by atoms with Crippen LogP contribution in [0.25, 0.3) is 10.8 Å². The molecule has 5 rings (SSSR count). The fraction of sp³-hybridized carbons (Fsp3) is 0.103. The molecule has 1 aliphatic carbocycles. The molecule has 4 aromatic rings. The molecule has 4 aromatic carbocycles. The minimum absolute atomic E-state index is 0.234. The van der Waals surface area contributed by atoms with E-state index in [1.165, 1.54) is 10.8 Å². The Morgan fingerprint density at radius 2 is 1.44 bits per heavy atom. The fourth-order valence-electron chi connectivity index (χ4n) is 4.40. The molecular weight excluding hydrogens is 422 g/mol. The van der Waals surface area contributed by atoms with Gasteiger partial charge in [0.05, 0.1) is 5.69 Å². The van der Waals surface area contributed by atoms with Gasteiger partial charge in [-0.3, -0.25) is 10.1 Å². The molecule has 0 heterocycles. The first kappa shape index (κ1) is 21.5. The Hall–Kier alpha value is -4.38. The summed E-state index contributed by atoms with van der Waals surface area (Å²) in [7, 11) is 1.94. The van der Waals surface area contributed by atoms with Gasteiger partial charge in [0, 0.05) is 52.6 Å². The zero-order valence-electron chi connectivity index (χ0n) is 18.9. The number of nitrogens with zero attached hydrogens (tertiary/aromatic N) is 3. The third kappa shape index (κ3) is 4.16. The summed E-state index contributed by atoms with van der Waals surface area (Å²) in [4.78, 5) is 15.3. The number of nitro groups is 1. The van der Waals surface area contributed by atoms with Crippen molar-refractivity contribution in [3.63, 3.8) is 0 Å². The van der Waals surface area contributed by atoms with Gasteiger partial charge >= 0.3 is 0 Å². The lowest BCUT2D eigenvalue weighted by atomic mass is 10.1. The maximum absolute atomic E-state index is 11.2. The van der Waals surface area contributed by atoms with E-state index in [-0.39, 0.29) is 4.92 Å². The van der Waals surface area contributed by atoms with Gasteiger partial charge in [-0.2, -0.15) is 0 Å². The van der Waals surface area contributed by atoms with Crippen molar-refractivity contribution >= 4 is 33.5 Å². The van der Waals surface area contributed by atoms with Gasteiger partial charge < -0.3 is 9.80 Å². The van der Waals surface area contributed by atoms with Crippen LogP contribution in [0.4, 0.5) is 22.7 Å². The molecule has 1 unspecified atom stereocenters. The maximum atomic E-state index is 11.2. The van der Waals surface area contributed by atoms with E-state index in [4.69, 9.17) is 0 Å². The zero-order chi connectivity index (χ0) is 23.5. The largest absolute Gasteiger partial charge is 0.345 e. The highest BCUT2D eigenvalue weighted by Gasteiger charge is 2.21. The first-order valence-electron chi connectivity index (χ1n) is 11.3. The molecule has 0 aromatic heterocycles. The first-order valence-corrected chi connectivity index (χ1v) is 11.3. The van der Waals surface area contributed by atoms with E-state index in [0.29, 0.717) is 6.42 Å². The van der Waals surface area contributed by atoms with E-state index in [0.717, 1.165) is 28.4 Å². The highest BCUT2D eigenvalue weighted by Crippen LogP contribution is 2.39. The minimum Gasteiger partial charge on any atom is -0.345 e. The van der Waals surface area contributed by atoms with Crippen molar-refractivity contribution in [3.8, 4) is 0 Å². The lowest BCUT2D eigenvalue weighted by Gasteiger charge is -2.28. The number of rotatable bonds is 6. The van der Waals surface area contributed by atoms with Gasteiger partial charge in [-0.15, -0.1) is 0 Å². The summed E-state index contributed by atoms with van der Waals surface area (Å²) in [5.41, 5.74) is 5.02. The normalized spacial score (nSPS) is 15.1. The predicted octanol–water partition coefficient (Wildman–Crippen LogP) is 7.23. The Balaban J connectivity index is 1.54. The molecule has 0 N–H and O–H groups in total. The van der Waals surface area contributed by atoms with Crippen LogP contribution in [0.1, 0.15) is 6.42 Å². The van der Waals surface area contributed by atoms with E-state index >= 15 is 0 Å². The topological polar surface area (TPSA) is 49.6 Å². The van der Waals surface area contributed by atoms with Crippen LogP contribution >= 0.6 is 0 Å². The van der Waals surface area contributed by atoms with Crippen molar-refractivity contribution in [1.82, 2.24) is 0 Å². The molecule has 1 atom stereocenters. The molecule has 34 heavy (non-hydrogen) atoms. The molecule has 0 fully saturated rings. The Bertz CT molecular complexity index is 1370. The maximum Gasteiger partial charge on any atom is 0.236 e. The van der Waals surface area contributed by atoms with Gasteiger partial charge in [0.15, 0.2) is 0 Å². The standard InChI is InChI=1S/C29H25N3O2/c1-30(26-13-8-14-27(21-26)32(33)34)23-17-19-25(20-18-23)31(24-11-3-2-4-12-24)29-16-7-10-22-9-5-6-15-28(22)29/h2-13,15-21,27H,14H2,1H3. The fourth-order valence-corrected chi connectivity index (χ4v) is 4.40. The predicted molar refractivity (Wildman–Crippen MR) is 140 cm³/mol. The summed E-state index contributed by atoms with van der Waals surface area (Å²) in [6, 6.07) is 32.7. The molecule has 0 saturated heterocycles. The average Bonchev–Trinajstić information content (AvgIpc) is 2.90. The number of allylic oxidation sites excluding steroid dienone is 1. The molecule has 0 radical (unpaired) electrons. The second-order valence-corrected chi connectivity index (χ2v) is 8.33. The molecular formula is C29H25N3O2. The highest BCUT2D eigenvalue weighted by molar-refractivity contribution is 5.98. The second kappa shape index (κ2) is 9.24. The van der Waals surface area contributed by atoms with Crippen LogP contribution in [-0.4, -0.2) is 18.0 Å². The van der Waals surface area contributed by atoms with Crippen LogP contribution in [-0.2, 0) is 0 Å². The highest BCUT2D eigenvalue weighted by atomic mass is 16.6. The van der Waals surface area contributed by atoms with E-state index < -0.39 is 6.04 Å². The number of likely N-dealkylation sites (N-methyl/N-ethyl adjacent to an activating group) is 1. The second-order valence-electron chi connectivity index (χ2n) is 8.33. The third-order valence-electron chi connectivity index (χ3n) is 6.20. The number of benzene rings is 4. The van der Waals surface area contributed by atoms with Crippen molar-refractivity contribution in [3.05, 3.63) is 131 Å². The Morgan fingerprint density at radius 3 is 2.21 bits per heavy atom. The van der Waals surface area contributed by atoms with Gasteiger partial charge in [0.25, 0.3) is 0 Å². The van der Waals surface area contributed by atoms with Crippen molar-refractivity contribution in [2.24, 2.45) is 0 Å². The molecule has 0 saturated carbocycles. The Morgan fingerprint density at radius 1 is 0.794 bits per heavy atom. The van der Waals surface area contributed by atoms with Crippen molar-refractivity contribution in [2.75, 3.05) is 16.8 Å². The van der Waals surface area contributed by atoms with Crippen LogP contribution in [0.15, 0.2) is 121 Å². The average molecular weight is 448 g/mol. The van der Waals surface area contributed by atoms with Crippen LogP contribution in [0.3, 0.4) is 0 Å². The Labute approximate surface area is 199 Å². The van der Waals surface area contributed by atoms with Gasteiger partial charge in [-0.1, -0.05) is 60.7 Å². The van der Waals surface area contributed by atoms with Crippen LogP contribution < -0.4 is 9.80 Å². The number of fused-ring (bicyclic) bond motifs is 1. The number of anilines is 4. The summed E-state index contributed by atoms with van der Waals surface area (Å²) in [6.07, 6.45) is 5.96. The summed E-state index contributed by atoms with van der Waals surface area (Å²) in [5.74, 6) is 0. The number of hydrogen-bond donors (Lipinski definition) is 0. The van der Waals surface area contributed by atoms with Crippen LogP contribution in [0, 0.1) is 10.1 Å². The lowest BCUT2D eigenvalue weighted by Crippen LogP contribution is -2.24. The molecule has 0 amide bonds. The molecule has 168 valence electrons. The minimum atomic E-state index is -0.679. The van der Waals surface area contributed by atoms with E-state index in [1.54, 1.807) is 6.08 Å². The number of hydrogen-bond acceptors (Lipinski definition) is 4. The van der Waals surface area contributed by atoms with Gasteiger partial charge in [-0.05, 0) is 53.9 Å². The molecule has 5 nitrogen and oxygen atoms in total. The molecule has 0 bridgehead atoms. The van der Waals surface area contributed by atoms with Crippen molar-refractivity contribution < 1.29 is 4.92 Å². The summed E-state index contributed by atoms with van der Waals surface area (Å²) in [5, 5.41) is 13.6. The van der Waals surface area contributed by atoms with E-state index in [9.17, 15) is 10.1 Å². The SMILES string of the molecule is CN(C1=CC([N+](=O)[O-])CC=C1)c1ccc(N(c2ccccc2)c2cccc3ccccc23)cc1. The Kier molecular flexibility index (Phi) is 5.83. The van der Waals surface area contributed by atoms with Gasteiger partial charge in [0.1, 0.15) is 0 Å². The van der Waals surface area contributed by atoms with E-state index in [2.05, 4.69) is 83.8 Å². The summed E-state index contributed by atoms with van der Waals surface area (Å²) < 4.78 is 0. The van der Waals surface area contributed by atoms with Crippen LogP contribution in [0.2, 0.25) is 0 Å². The van der Waals surface area contributed by atoms with E-state index in [1.807, 2.05) is 42.3 Å². The van der Waals surface area contributed by atoms with Crippen molar-refractivity contribution in [1.29, 1.82) is 0 Å². The third-order valence-corrected chi connectivity index (χ3v) is 6.20. The quantitative estimate of drug-likeness (QED) is 0.231. The van der Waals surface area contributed by atoms with Gasteiger partial charge in [-0.25, -0.2) is 0 Å². The molecule has 0 spiro atoms. The smallest absolute Gasteiger partial charge is 0.236 e. The first-order chi connectivity index (χ1) is 16.6. The summed E-state index contributed by atoms with van der Waals surface area (Å²) in [6.45, 7) is 0. The molecule has 5 heteroatoms. The summed E-state index contributed by atoms with van der Waals surface area (Å²) >= 11 is 0. The lowest BCUT2D eigenvalue weighted by molar-refractivity contribution is -0.508. The van der Waals surface area contributed by atoms with Crippen molar-refractivity contribution in [2.45, 2.75) is 12.5 Å². The number of para-hydroxylation sites is 1. The van der Waals surface area contributed by atoms with Gasteiger partial charge in [0.2, 0.25) is 6.04 Å². The molecule has 0 aliphatic heterocycles. The monoisotopic (exact) mass is 447 g/mol. The van der Waals surface area contributed by atoms with Crippen LogP contribution in [0.5, 0.6) is 0 Å².